The van der Waals surface area contributed by atoms with Crippen LogP contribution in [0.5, 0.6) is 0 Å². The molecule has 1 aromatic rings. The molecular weight excluding hydrogens is 304 g/mol. The molecular formula is C12H16BrClN2O. The molecule has 0 aromatic heterocycles. The van der Waals surface area contributed by atoms with Crippen LogP contribution in [-0.4, -0.2) is 24.3 Å². The number of amides is 1. The molecule has 0 aliphatic heterocycles. The van der Waals surface area contributed by atoms with E-state index >= 15 is 0 Å². The molecule has 1 N–H and O–H groups in total. The van der Waals surface area contributed by atoms with E-state index in [-0.39, 0.29) is 5.91 Å². The van der Waals surface area contributed by atoms with Gasteiger partial charge in [-0.1, -0.05) is 33.6 Å². The highest BCUT2D eigenvalue weighted by Crippen LogP contribution is 2.33. The van der Waals surface area contributed by atoms with Crippen molar-refractivity contribution in [3.8, 4) is 0 Å². The molecule has 1 amide bonds. The molecule has 0 aliphatic carbocycles. The molecule has 0 heterocycles. The molecule has 1 rings (SSSR count). The molecule has 0 bridgehead atoms. The van der Waals surface area contributed by atoms with E-state index in [0.717, 1.165) is 5.69 Å². The van der Waals surface area contributed by atoms with Gasteiger partial charge in [-0.15, -0.1) is 0 Å². The minimum Gasteiger partial charge on any atom is -0.375 e. The van der Waals surface area contributed by atoms with E-state index in [1.807, 2.05) is 31.1 Å². The summed E-state index contributed by atoms with van der Waals surface area (Å²) in [4.78, 5) is 13.8. The summed E-state index contributed by atoms with van der Waals surface area (Å²) in [6.45, 7) is 3.59. The van der Waals surface area contributed by atoms with Crippen LogP contribution in [0.25, 0.3) is 0 Å². The summed E-state index contributed by atoms with van der Waals surface area (Å²) >= 11 is 9.44. The van der Waals surface area contributed by atoms with Gasteiger partial charge in [-0.3, -0.25) is 4.79 Å². The number of benzene rings is 1. The average Bonchev–Trinajstić information content (AvgIpc) is 2.15. The van der Waals surface area contributed by atoms with Crippen molar-refractivity contribution in [3.05, 3.63) is 23.2 Å². The van der Waals surface area contributed by atoms with Crippen LogP contribution in [0.2, 0.25) is 5.02 Å². The highest BCUT2D eigenvalue weighted by molar-refractivity contribution is 9.10. The number of hydrogen-bond donors (Lipinski definition) is 1. The lowest BCUT2D eigenvalue weighted by Gasteiger charge is -2.22. The Morgan fingerprint density at radius 2 is 2.00 bits per heavy atom. The van der Waals surface area contributed by atoms with Crippen molar-refractivity contribution in [1.82, 2.24) is 0 Å². The van der Waals surface area contributed by atoms with Gasteiger partial charge in [0.15, 0.2) is 0 Å². The Hall–Kier alpha value is -0.740. The Kier molecular flexibility index (Phi) is 4.44. The van der Waals surface area contributed by atoms with Gasteiger partial charge in [0.25, 0.3) is 0 Å². The van der Waals surface area contributed by atoms with E-state index in [0.29, 0.717) is 10.7 Å². The Morgan fingerprint density at radius 1 is 1.41 bits per heavy atom. The standard InChI is InChI=1S/C12H16BrClN2O/c1-12(2,13)11(17)15-9-7-5-6-8(14)10(9)16(3)4/h5-7H,1-4H3,(H,15,17). The molecule has 0 saturated carbocycles. The molecule has 94 valence electrons. The van der Waals surface area contributed by atoms with Crippen LogP contribution < -0.4 is 10.2 Å². The van der Waals surface area contributed by atoms with Gasteiger partial charge < -0.3 is 10.2 Å². The SMILES string of the molecule is CN(C)c1c(Cl)cccc1NC(=O)C(C)(C)Br. The van der Waals surface area contributed by atoms with E-state index in [1.165, 1.54) is 0 Å². The summed E-state index contributed by atoms with van der Waals surface area (Å²) in [6.07, 6.45) is 0. The minimum atomic E-state index is -0.612. The number of rotatable bonds is 3. The van der Waals surface area contributed by atoms with Crippen molar-refractivity contribution in [2.45, 2.75) is 18.2 Å². The number of carbonyl (C=O) groups is 1. The van der Waals surface area contributed by atoms with Crippen LogP contribution in [0.3, 0.4) is 0 Å². The molecule has 0 atom stereocenters. The van der Waals surface area contributed by atoms with Crippen molar-refractivity contribution >= 4 is 44.8 Å². The predicted octanol–water partition coefficient (Wildman–Crippen LogP) is 3.52. The Balaban J connectivity index is 3.07. The van der Waals surface area contributed by atoms with E-state index in [9.17, 15) is 4.79 Å². The molecule has 0 fully saturated rings. The Morgan fingerprint density at radius 3 is 2.47 bits per heavy atom. The quantitative estimate of drug-likeness (QED) is 0.865. The molecule has 0 radical (unpaired) electrons. The van der Waals surface area contributed by atoms with Crippen LogP contribution in [-0.2, 0) is 4.79 Å². The molecule has 17 heavy (non-hydrogen) atoms. The number of nitrogens with zero attached hydrogens (tertiary/aromatic N) is 1. The molecule has 0 spiro atoms. The lowest BCUT2D eigenvalue weighted by atomic mass is 10.2. The first kappa shape index (κ1) is 14.3. The summed E-state index contributed by atoms with van der Waals surface area (Å²) in [7, 11) is 3.77. The maximum atomic E-state index is 11.9. The third kappa shape index (κ3) is 3.61. The van der Waals surface area contributed by atoms with Crippen LogP contribution in [0.1, 0.15) is 13.8 Å². The third-order valence-corrected chi connectivity index (χ3v) is 2.89. The molecule has 1 aromatic carbocycles. The van der Waals surface area contributed by atoms with E-state index in [1.54, 1.807) is 19.9 Å². The molecule has 0 unspecified atom stereocenters. The van der Waals surface area contributed by atoms with Crippen LogP contribution in [0.15, 0.2) is 18.2 Å². The first-order chi connectivity index (χ1) is 7.73. The van der Waals surface area contributed by atoms with Gasteiger partial charge in [0.1, 0.15) is 0 Å². The predicted molar refractivity (Wildman–Crippen MR) is 77.4 cm³/mol. The number of anilines is 2. The first-order valence-electron chi connectivity index (χ1n) is 5.19. The van der Waals surface area contributed by atoms with Crippen LogP contribution in [0.4, 0.5) is 11.4 Å². The van der Waals surface area contributed by atoms with Gasteiger partial charge in [-0.05, 0) is 26.0 Å². The molecule has 0 aliphatic rings. The number of halogens is 2. The topological polar surface area (TPSA) is 32.3 Å². The smallest absolute Gasteiger partial charge is 0.240 e. The minimum absolute atomic E-state index is 0.108. The number of nitrogens with one attached hydrogen (secondary N) is 1. The fraction of sp³-hybridized carbons (Fsp3) is 0.417. The van der Waals surface area contributed by atoms with Gasteiger partial charge in [0, 0.05) is 14.1 Å². The van der Waals surface area contributed by atoms with Crippen molar-refractivity contribution in [3.63, 3.8) is 0 Å². The average molecular weight is 320 g/mol. The zero-order chi connectivity index (χ0) is 13.2. The zero-order valence-electron chi connectivity index (χ0n) is 10.3. The van der Waals surface area contributed by atoms with Gasteiger partial charge >= 0.3 is 0 Å². The molecule has 5 heteroatoms. The summed E-state index contributed by atoms with van der Waals surface area (Å²) in [5, 5.41) is 3.47. The summed E-state index contributed by atoms with van der Waals surface area (Å²) < 4.78 is -0.612. The fourth-order valence-electron chi connectivity index (χ4n) is 1.34. The highest BCUT2D eigenvalue weighted by atomic mass is 79.9. The fourth-order valence-corrected chi connectivity index (χ4v) is 1.78. The summed E-state index contributed by atoms with van der Waals surface area (Å²) in [5.74, 6) is -0.108. The van der Waals surface area contributed by atoms with Crippen LogP contribution >= 0.6 is 27.5 Å². The van der Waals surface area contributed by atoms with Gasteiger partial charge in [0.05, 0.1) is 20.7 Å². The summed E-state index contributed by atoms with van der Waals surface area (Å²) in [6, 6.07) is 5.44. The second-order valence-electron chi connectivity index (χ2n) is 4.46. The maximum Gasteiger partial charge on any atom is 0.240 e. The number of carbonyl (C=O) groups excluding carboxylic acids is 1. The largest absolute Gasteiger partial charge is 0.375 e. The normalized spacial score (nSPS) is 11.2. The Labute approximate surface area is 115 Å². The lowest BCUT2D eigenvalue weighted by Crippen LogP contribution is -2.31. The van der Waals surface area contributed by atoms with Gasteiger partial charge in [0.2, 0.25) is 5.91 Å². The number of hydrogen-bond acceptors (Lipinski definition) is 2. The first-order valence-corrected chi connectivity index (χ1v) is 6.37. The zero-order valence-corrected chi connectivity index (χ0v) is 12.7. The van der Waals surface area contributed by atoms with Crippen LogP contribution in [0, 0.1) is 0 Å². The molecule has 0 saturated heterocycles. The maximum absolute atomic E-state index is 11.9. The van der Waals surface area contributed by atoms with E-state index in [2.05, 4.69) is 21.2 Å². The highest BCUT2D eigenvalue weighted by Gasteiger charge is 2.24. The Bertz CT molecular complexity index is 427. The second kappa shape index (κ2) is 5.27. The number of alkyl halides is 1. The second-order valence-corrected chi connectivity index (χ2v) is 6.85. The third-order valence-electron chi connectivity index (χ3n) is 2.22. The van der Waals surface area contributed by atoms with Crippen molar-refractivity contribution in [2.24, 2.45) is 0 Å². The lowest BCUT2D eigenvalue weighted by molar-refractivity contribution is -0.117. The van der Waals surface area contributed by atoms with E-state index in [4.69, 9.17) is 11.6 Å². The monoisotopic (exact) mass is 318 g/mol. The van der Waals surface area contributed by atoms with Crippen molar-refractivity contribution < 1.29 is 4.79 Å². The van der Waals surface area contributed by atoms with Gasteiger partial charge in [-0.25, -0.2) is 0 Å². The van der Waals surface area contributed by atoms with Gasteiger partial charge in [-0.2, -0.15) is 0 Å². The molecule has 3 nitrogen and oxygen atoms in total. The van der Waals surface area contributed by atoms with Crippen molar-refractivity contribution in [1.29, 1.82) is 0 Å². The van der Waals surface area contributed by atoms with Crippen molar-refractivity contribution in [2.75, 3.05) is 24.3 Å². The van der Waals surface area contributed by atoms with E-state index < -0.39 is 4.32 Å². The summed E-state index contributed by atoms with van der Waals surface area (Å²) in [5.41, 5.74) is 1.51. The number of para-hydroxylation sites is 1.